The Morgan fingerprint density at radius 3 is 2.65 bits per heavy atom. The van der Waals surface area contributed by atoms with Crippen LogP contribution in [0, 0.1) is 0 Å². The molecule has 0 radical (unpaired) electrons. The number of aromatic hydroxyl groups is 1. The van der Waals surface area contributed by atoms with Crippen LogP contribution in [0.4, 0.5) is 5.69 Å². The fourth-order valence-corrected chi connectivity index (χ4v) is 3.23. The van der Waals surface area contributed by atoms with E-state index in [2.05, 4.69) is 6.07 Å². The summed E-state index contributed by atoms with van der Waals surface area (Å²) in [6.45, 7) is 0. The maximum atomic E-state index is 9.94. The number of aromatic nitrogens is 1. The third-order valence-corrected chi connectivity index (χ3v) is 4.41. The van der Waals surface area contributed by atoms with Crippen molar-refractivity contribution in [3.63, 3.8) is 0 Å². The lowest BCUT2D eigenvalue weighted by atomic mass is 9.93. The average molecular weight is 302 g/mol. The van der Waals surface area contributed by atoms with Crippen LogP contribution in [-0.4, -0.2) is 16.3 Å². The summed E-state index contributed by atoms with van der Waals surface area (Å²) in [6.07, 6.45) is 6.19. The molecule has 3 aromatic rings. The Kier molecular flexibility index (Phi) is 3.54. The first-order valence-electron chi connectivity index (χ1n) is 8.05. The van der Waals surface area contributed by atoms with Crippen molar-refractivity contribution in [2.24, 2.45) is 4.99 Å². The van der Waals surface area contributed by atoms with Crippen LogP contribution in [0.2, 0.25) is 0 Å². The molecule has 1 heterocycles. The number of rotatable bonds is 2. The van der Waals surface area contributed by atoms with Gasteiger partial charge in [-0.1, -0.05) is 30.3 Å². The first kappa shape index (κ1) is 13.9. The maximum Gasteiger partial charge on any atom is 0.124 e. The second kappa shape index (κ2) is 5.84. The van der Waals surface area contributed by atoms with Crippen molar-refractivity contribution in [2.75, 3.05) is 0 Å². The fraction of sp³-hybridized carbons (Fsp3) is 0.200. The van der Waals surface area contributed by atoms with Crippen LogP contribution in [0.1, 0.15) is 29.7 Å². The van der Waals surface area contributed by atoms with Crippen LogP contribution in [0.15, 0.2) is 53.5 Å². The summed E-state index contributed by atoms with van der Waals surface area (Å²) in [4.78, 5) is 9.58. The van der Waals surface area contributed by atoms with E-state index in [-0.39, 0.29) is 5.75 Å². The Hall–Kier alpha value is -2.68. The minimum atomic E-state index is 0.253. The number of phenols is 1. The van der Waals surface area contributed by atoms with Crippen molar-refractivity contribution < 1.29 is 5.11 Å². The number of aliphatic imine (C=N–C) groups is 1. The molecule has 3 nitrogen and oxygen atoms in total. The molecular formula is C20H18N2O. The number of nitrogens with zero attached hydrogens (tertiary/aromatic N) is 2. The van der Waals surface area contributed by atoms with E-state index in [1.54, 1.807) is 12.3 Å². The standard InChI is InChI=1S/C20H18N2O/c23-19-12-6-1-7-14(19)13-21-20-15-8-2-4-10-17(15)22-18-11-5-3-9-16(18)20/h1-2,4,6-8,10,12-13,23H,3,5,9,11H2/b21-13+. The van der Waals surface area contributed by atoms with Gasteiger partial charge in [-0.15, -0.1) is 0 Å². The van der Waals surface area contributed by atoms with Crippen LogP contribution >= 0.6 is 0 Å². The highest BCUT2D eigenvalue weighted by Gasteiger charge is 2.17. The predicted octanol–water partition coefficient (Wildman–Crippen LogP) is 4.57. The van der Waals surface area contributed by atoms with Crippen LogP contribution in [-0.2, 0) is 12.8 Å². The fourth-order valence-electron chi connectivity index (χ4n) is 3.23. The molecule has 0 bridgehead atoms. The number of hydrogen-bond donors (Lipinski definition) is 1. The van der Waals surface area contributed by atoms with Gasteiger partial charge < -0.3 is 5.11 Å². The van der Waals surface area contributed by atoms with Crippen LogP contribution in [0.5, 0.6) is 5.75 Å². The Morgan fingerprint density at radius 2 is 1.74 bits per heavy atom. The molecule has 0 saturated heterocycles. The van der Waals surface area contributed by atoms with Crippen LogP contribution in [0.25, 0.3) is 10.9 Å². The summed E-state index contributed by atoms with van der Waals surface area (Å²) in [5.41, 5.74) is 5.19. The molecule has 114 valence electrons. The average Bonchev–Trinajstić information content (AvgIpc) is 2.60. The van der Waals surface area contributed by atoms with Gasteiger partial charge in [-0.3, -0.25) is 9.98 Å². The van der Waals surface area contributed by atoms with Gasteiger partial charge in [0, 0.05) is 22.9 Å². The molecule has 0 amide bonds. The van der Waals surface area contributed by atoms with E-state index in [4.69, 9.17) is 9.98 Å². The van der Waals surface area contributed by atoms with Gasteiger partial charge in [0.15, 0.2) is 0 Å². The smallest absolute Gasteiger partial charge is 0.124 e. The van der Waals surface area contributed by atoms with Crippen LogP contribution < -0.4 is 0 Å². The molecule has 1 aliphatic rings. The Morgan fingerprint density at radius 1 is 0.957 bits per heavy atom. The lowest BCUT2D eigenvalue weighted by molar-refractivity contribution is 0.474. The summed E-state index contributed by atoms with van der Waals surface area (Å²) in [6, 6.07) is 15.4. The van der Waals surface area contributed by atoms with Gasteiger partial charge in [-0.2, -0.15) is 0 Å². The molecule has 0 spiro atoms. The van der Waals surface area contributed by atoms with Crippen LogP contribution in [0.3, 0.4) is 0 Å². The molecule has 4 rings (SSSR count). The van der Waals surface area contributed by atoms with Gasteiger partial charge >= 0.3 is 0 Å². The molecule has 0 aliphatic heterocycles. The monoisotopic (exact) mass is 302 g/mol. The molecule has 1 N–H and O–H groups in total. The van der Waals surface area contributed by atoms with E-state index < -0.39 is 0 Å². The lowest BCUT2D eigenvalue weighted by Gasteiger charge is -2.18. The highest BCUT2D eigenvalue weighted by molar-refractivity contribution is 5.95. The van der Waals surface area contributed by atoms with Gasteiger partial charge in [0.25, 0.3) is 0 Å². The summed E-state index contributed by atoms with van der Waals surface area (Å²) in [5.74, 6) is 0.253. The van der Waals surface area contributed by atoms with E-state index in [1.807, 2.05) is 36.4 Å². The normalized spacial score (nSPS) is 14.3. The molecule has 0 atom stereocenters. The van der Waals surface area contributed by atoms with E-state index >= 15 is 0 Å². The summed E-state index contributed by atoms with van der Waals surface area (Å²) in [7, 11) is 0. The van der Waals surface area contributed by atoms with Crippen molar-refractivity contribution in [2.45, 2.75) is 25.7 Å². The highest BCUT2D eigenvalue weighted by atomic mass is 16.3. The van der Waals surface area contributed by atoms with Gasteiger partial charge in [0.05, 0.1) is 11.2 Å². The predicted molar refractivity (Wildman–Crippen MR) is 93.7 cm³/mol. The molecule has 2 aromatic carbocycles. The third kappa shape index (κ3) is 2.59. The Labute approximate surface area is 135 Å². The zero-order valence-corrected chi connectivity index (χ0v) is 12.9. The van der Waals surface area contributed by atoms with Crippen molar-refractivity contribution in [3.05, 3.63) is 65.4 Å². The SMILES string of the molecule is Oc1ccccc1/C=N/c1c2c(nc3ccccc13)CCCC2. The largest absolute Gasteiger partial charge is 0.507 e. The maximum absolute atomic E-state index is 9.94. The molecule has 23 heavy (non-hydrogen) atoms. The number of fused-ring (bicyclic) bond motifs is 2. The molecule has 0 unspecified atom stereocenters. The second-order valence-electron chi connectivity index (χ2n) is 5.93. The van der Waals surface area contributed by atoms with Crippen molar-refractivity contribution in [1.82, 2.24) is 4.98 Å². The van der Waals surface area contributed by atoms with E-state index in [0.29, 0.717) is 0 Å². The van der Waals surface area contributed by atoms with Gasteiger partial charge in [0.1, 0.15) is 5.75 Å². The van der Waals surface area contributed by atoms with Crippen molar-refractivity contribution in [3.8, 4) is 5.75 Å². The second-order valence-corrected chi connectivity index (χ2v) is 5.93. The van der Waals surface area contributed by atoms with Gasteiger partial charge in [-0.05, 0) is 49.4 Å². The molecule has 0 fully saturated rings. The summed E-state index contributed by atoms with van der Waals surface area (Å²) in [5, 5.41) is 11.0. The molecule has 3 heteroatoms. The molecular weight excluding hydrogens is 284 g/mol. The van der Waals surface area contributed by atoms with Gasteiger partial charge in [-0.25, -0.2) is 0 Å². The molecule has 1 aromatic heterocycles. The van der Waals surface area contributed by atoms with Crippen molar-refractivity contribution in [1.29, 1.82) is 0 Å². The quantitative estimate of drug-likeness (QED) is 0.705. The number of benzene rings is 2. The number of para-hydroxylation sites is 2. The minimum absolute atomic E-state index is 0.253. The molecule has 0 saturated carbocycles. The summed E-state index contributed by atoms with van der Waals surface area (Å²) < 4.78 is 0. The van der Waals surface area contributed by atoms with E-state index in [0.717, 1.165) is 35.0 Å². The number of aryl methyl sites for hydroxylation is 1. The van der Waals surface area contributed by atoms with E-state index in [9.17, 15) is 5.11 Å². The van der Waals surface area contributed by atoms with E-state index in [1.165, 1.54) is 24.1 Å². The third-order valence-electron chi connectivity index (χ3n) is 4.41. The number of pyridine rings is 1. The number of phenolic OH excluding ortho intramolecular Hbond substituents is 1. The van der Waals surface area contributed by atoms with Gasteiger partial charge in [0.2, 0.25) is 0 Å². The summed E-state index contributed by atoms with van der Waals surface area (Å²) >= 11 is 0. The lowest BCUT2D eigenvalue weighted by Crippen LogP contribution is -2.06. The first-order valence-corrected chi connectivity index (χ1v) is 8.05. The first-order chi connectivity index (χ1) is 11.3. The number of hydrogen-bond acceptors (Lipinski definition) is 3. The zero-order chi connectivity index (χ0) is 15.6. The zero-order valence-electron chi connectivity index (χ0n) is 12.9. The Bertz CT molecular complexity index is 899. The highest BCUT2D eigenvalue weighted by Crippen LogP contribution is 2.35. The molecule has 1 aliphatic carbocycles. The Balaban J connectivity index is 1.89. The minimum Gasteiger partial charge on any atom is -0.507 e. The van der Waals surface area contributed by atoms with Crippen molar-refractivity contribution >= 4 is 22.8 Å². The topological polar surface area (TPSA) is 45.5 Å².